The van der Waals surface area contributed by atoms with Crippen molar-refractivity contribution in [3.8, 4) is 5.75 Å². The molecule has 0 saturated carbocycles. The molecule has 2 atom stereocenters. The van der Waals surface area contributed by atoms with Crippen LogP contribution in [0.25, 0.3) is 0 Å². The van der Waals surface area contributed by atoms with Crippen LogP contribution < -0.4 is 10.1 Å². The Labute approximate surface area is 112 Å². The number of rotatable bonds is 3. The predicted molar refractivity (Wildman–Crippen MR) is 70.5 cm³/mol. The third kappa shape index (κ3) is 3.44. The summed E-state index contributed by atoms with van der Waals surface area (Å²) in [6.07, 6.45) is -0.609. The number of ether oxygens (including phenoxy) is 1. The molecule has 1 unspecified atom stereocenters. The first-order valence-electron chi connectivity index (χ1n) is 6.51. The van der Waals surface area contributed by atoms with Crippen LogP contribution in [0.3, 0.4) is 0 Å². The van der Waals surface area contributed by atoms with Crippen LogP contribution in [0.2, 0.25) is 0 Å². The van der Waals surface area contributed by atoms with Crippen molar-refractivity contribution < 1.29 is 13.9 Å². The molecule has 1 amide bonds. The molecule has 0 spiro atoms. The molecule has 1 heterocycles. The van der Waals surface area contributed by atoms with Crippen molar-refractivity contribution in [3.63, 3.8) is 0 Å². The fraction of sp³-hybridized carbons (Fsp3) is 0.500. The van der Waals surface area contributed by atoms with E-state index in [1.165, 1.54) is 12.1 Å². The van der Waals surface area contributed by atoms with Crippen LogP contribution in [0, 0.1) is 5.82 Å². The number of benzene rings is 1. The Kier molecular flexibility index (Phi) is 4.37. The van der Waals surface area contributed by atoms with Crippen LogP contribution in [0.5, 0.6) is 5.75 Å². The Morgan fingerprint density at radius 2 is 2.37 bits per heavy atom. The number of hydrogen-bond acceptors (Lipinski definition) is 3. The second-order valence-corrected chi connectivity index (χ2v) is 4.80. The normalized spacial score (nSPS) is 21.0. The summed E-state index contributed by atoms with van der Waals surface area (Å²) in [7, 11) is 0. The Bertz CT molecular complexity index is 453. The van der Waals surface area contributed by atoms with E-state index in [4.69, 9.17) is 4.74 Å². The van der Waals surface area contributed by atoms with Gasteiger partial charge in [-0.3, -0.25) is 4.79 Å². The first kappa shape index (κ1) is 13.8. The number of amides is 1. The minimum atomic E-state index is -0.609. The molecule has 0 aromatic heterocycles. The van der Waals surface area contributed by atoms with Gasteiger partial charge in [-0.1, -0.05) is 6.07 Å². The lowest BCUT2D eigenvalue weighted by Gasteiger charge is -2.35. The zero-order valence-electron chi connectivity index (χ0n) is 11.2. The van der Waals surface area contributed by atoms with Crippen molar-refractivity contribution >= 4 is 5.91 Å². The summed E-state index contributed by atoms with van der Waals surface area (Å²) in [4.78, 5) is 14.1. The van der Waals surface area contributed by atoms with E-state index in [9.17, 15) is 9.18 Å². The largest absolute Gasteiger partial charge is 0.481 e. The molecule has 104 valence electrons. The van der Waals surface area contributed by atoms with Crippen LogP contribution in [0.1, 0.15) is 13.8 Å². The van der Waals surface area contributed by atoms with Gasteiger partial charge < -0.3 is 15.0 Å². The van der Waals surface area contributed by atoms with Gasteiger partial charge in [0, 0.05) is 31.7 Å². The summed E-state index contributed by atoms with van der Waals surface area (Å²) in [5, 5.41) is 3.23. The van der Waals surface area contributed by atoms with Gasteiger partial charge in [0.05, 0.1) is 0 Å². The van der Waals surface area contributed by atoms with E-state index in [0.29, 0.717) is 12.3 Å². The van der Waals surface area contributed by atoms with Crippen molar-refractivity contribution in [2.75, 3.05) is 19.6 Å². The minimum absolute atomic E-state index is 0.0572. The average Bonchev–Trinajstić information content (AvgIpc) is 2.38. The molecular formula is C14H19FN2O2. The van der Waals surface area contributed by atoms with Crippen LogP contribution >= 0.6 is 0 Å². The number of nitrogens with one attached hydrogen (secondary N) is 1. The highest BCUT2D eigenvalue weighted by Crippen LogP contribution is 2.15. The van der Waals surface area contributed by atoms with E-state index in [-0.39, 0.29) is 17.8 Å². The maximum absolute atomic E-state index is 13.1. The highest BCUT2D eigenvalue weighted by Gasteiger charge is 2.27. The van der Waals surface area contributed by atoms with Gasteiger partial charge in [0.15, 0.2) is 6.10 Å². The molecule has 19 heavy (non-hydrogen) atoms. The quantitative estimate of drug-likeness (QED) is 0.899. The van der Waals surface area contributed by atoms with Crippen molar-refractivity contribution in [2.45, 2.75) is 26.0 Å². The van der Waals surface area contributed by atoms with Gasteiger partial charge >= 0.3 is 0 Å². The Hall–Kier alpha value is -1.62. The smallest absolute Gasteiger partial charge is 0.263 e. The zero-order chi connectivity index (χ0) is 13.8. The molecule has 1 fully saturated rings. The van der Waals surface area contributed by atoms with Crippen molar-refractivity contribution in [3.05, 3.63) is 30.1 Å². The molecule has 1 saturated heterocycles. The first-order chi connectivity index (χ1) is 9.08. The van der Waals surface area contributed by atoms with Gasteiger partial charge in [-0.25, -0.2) is 4.39 Å². The van der Waals surface area contributed by atoms with Gasteiger partial charge in [-0.2, -0.15) is 0 Å². The number of carbonyl (C=O) groups is 1. The van der Waals surface area contributed by atoms with Crippen LogP contribution in [-0.4, -0.2) is 42.6 Å². The van der Waals surface area contributed by atoms with Gasteiger partial charge in [-0.15, -0.1) is 0 Å². The highest BCUT2D eigenvalue weighted by molar-refractivity contribution is 5.81. The first-order valence-corrected chi connectivity index (χ1v) is 6.51. The second-order valence-electron chi connectivity index (χ2n) is 4.80. The molecule has 0 aliphatic carbocycles. The molecule has 2 rings (SSSR count). The Morgan fingerprint density at radius 1 is 1.58 bits per heavy atom. The molecule has 1 aliphatic rings. The number of halogens is 1. The monoisotopic (exact) mass is 266 g/mol. The van der Waals surface area contributed by atoms with E-state index in [1.54, 1.807) is 24.0 Å². The summed E-state index contributed by atoms with van der Waals surface area (Å²) in [6, 6.07) is 5.99. The zero-order valence-corrected chi connectivity index (χ0v) is 11.2. The molecule has 1 aliphatic heterocycles. The van der Waals surface area contributed by atoms with Gasteiger partial charge in [-0.05, 0) is 26.0 Å². The number of hydrogen-bond donors (Lipinski definition) is 1. The fourth-order valence-electron chi connectivity index (χ4n) is 2.20. The Morgan fingerprint density at radius 3 is 3.05 bits per heavy atom. The van der Waals surface area contributed by atoms with E-state index in [2.05, 4.69) is 5.32 Å². The molecule has 0 bridgehead atoms. The standard InChI is InChI=1S/C14H19FN2O2/c1-10-9-16-6-7-17(10)14(18)11(2)19-13-5-3-4-12(15)8-13/h3-5,8,10-11,16H,6-7,9H2,1-2H3/t10-,11?/m0/s1. The Balaban J connectivity index is 1.99. The average molecular weight is 266 g/mol. The molecular weight excluding hydrogens is 247 g/mol. The second kappa shape index (κ2) is 6.02. The van der Waals surface area contributed by atoms with Gasteiger partial charge in [0.2, 0.25) is 0 Å². The van der Waals surface area contributed by atoms with Crippen LogP contribution in [0.15, 0.2) is 24.3 Å². The van der Waals surface area contributed by atoms with Gasteiger partial charge in [0.1, 0.15) is 11.6 Å². The van der Waals surface area contributed by atoms with Crippen molar-refractivity contribution in [1.29, 1.82) is 0 Å². The lowest BCUT2D eigenvalue weighted by molar-refractivity contribution is -0.140. The SMILES string of the molecule is CC(Oc1cccc(F)c1)C(=O)N1CCNC[C@@H]1C. The minimum Gasteiger partial charge on any atom is -0.481 e. The van der Waals surface area contributed by atoms with E-state index >= 15 is 0 Å². The summed E-state index contributed by atoms with van der Waals surface area (Å²) >= 11 is 0. The predicted octanol–water partition coefficient (Wildman–Crippen LogP) is 1.41. The number of carbonyl (C=O) groups excluding carboxylic acids is 1. The maximum Gasteiger partial charge on any atom is 0.263 e. The van der Waals surface area contributed by atoms with Crippen LogP contribution in [0.4, 0.5) is 4.39 Å². The van der Waals surface area contributed by atoms with E-state index in [0.717, 1.165) is 13.1 Å². The topological polar surface area (TPSA) is 41.6 Å². The van der Waals surface area contributed by atoms with Crippen molar-refractivity contribution in [2.24, 2.45) is 0 Å². The maximum atomic E-state index is 13.1. The van der Waals surface area contributed by atoms with Gasteiger partial charge in [0.25, 0.3) is 5.91 Å². The molecule has 1 aromatic rings. The lowest BCUT2D eigenvalue weighted by atomic mass is 10.2. The number of nitrogens with zero attached hydrogens (tertiary/aromatic N) is 1. The molecule has 0 radical (unpaired) electrons. The third-order valence-corrected chi connectivity index (χ3v) is 3.24. The fourth-order valence-corrected chi connectivity index (χ4v) is 2.20. The van der Waals surface area contributed by atoms with Crippen LogP contribution in [-0.2, 0) is 4.79 Å². The molecule has 4 nitrogen and oxygen atoms in total. The summed E-state index contributed by atoms with van der Waals surface area (Å²) in [6.45, 7) is 5.96. The van der Waals surface area contributed by atoms with E-state index < -0.39 is 6.10 Å². The summed E-state index contributed by atoms with van der Waals surface area (Å²) in [5.41, 5.74) is 0. The number of piperazine rings is 1. The summed E-state index contributed by atoms with van der Waals surface area (Å²) < 4.78 is 18.6. The lowest BCUT2D eigenvalue weighted by Crippen LogP contribution is -2.55. The highest BCUT2D eigenvalue weighted by atomic mass is 19.1. The van der Waals surface area contributed by atoms with Crippen molar-refractivity contribution in [1.82, 2.24) is 10.2 Å². The summed E-state index contributed by atoms with van der Waals surface area (Å²) in [5.74, 6) is -0.0467. The third-order valence-electron chi connectivity index (χ3n) is 3.24. The molecule has 5 heteroatoms. The van der Waals surface area contributed by atoms with E-state index in [1.807, 2.05) is 6.92 Å². The molecule has 1 aromatic carbocycles. The molecule has 1 N–H and O–H groups in total.